The average molecular weight is 570 g/mol. The van der Waals surface area contributed by atoms with E-state index in [1.165, 1.54) is 7.11 Å². The standard InChI is InChI=1S/C30H51NO9/c1-19-16-30(36-6,40-21(3)20(19)2)26(34)27(35)31-28-25-23(37-18-38-28)17-29(4,5)24(39-25)15-22(33)13-11-9-7-8-10-12-14-32/h11,13,20-26,28,32-34H,1,7-10,12,14-18H2,2-6H3,(H,31,35)/b13-11+/t20-,21-,22-,23-,24-,25+,26-,28+,30-/m1/s1. The van der Waals surface area contributed by atoms with E-state index in [0.29, 0.717) is 12.8 Å². The Labute approximate surface area is 239 Å². The molecule has 3 aliphatic heterocycles. The van der Waals surface area contributed by atoms with Gasteiger partial charge in [0.25, 0.3) is 5.91 Å². The molecule has 1 amide bonds. The van der Waals surface area contributed by atoms with Crippen molar-refractivity contribution in [2.45, 2.75) is 128 Å². The lowest BCUT2D eigenvalue weighted by molar-refractivity contribution is -0.306. The summed E-state index contributed by atoms with van der Waals surface area (Å²) in [7, 11) is 1.40. The van der Waals surface area contributed by atoms with Gasteiger partial charge in [-0.1, -0.05) is 57.9 Å². The first-order valence-corrected chi connectivity index (χ1v) is 14.7. The van der Waals surface area contributed by atoms with E-state index in [0.717, 1.165) is 37.7 Å². The van der Waals surface area contributed by atoms with E-state index >= 15 is 0 Å². The van der Waals surface area contributed by atoms with Crippen molar-refractivity contribution in [3.05, 3.63) is 24.3 Å². The van der Waals surface area contributed by atoms with Crippen molar-refractivity contribution >= 4 is 5.91 Å². The van der Waals surface area contributed by atoms with Crippen LogP contribution in [0, 0.1) is 11.3 Å². The molecule has 3 saturated heterocycles. The van der Waals surface area contributed by atoms with E-state index < -0.39 is 36.2 Å². The topological polar surface area (TPSA) is 136 Å². The lowest BCUT2D eigenvalue weighted by Gasteiger charge is -2.50. The molecule has 3 aliphatic rings. The third-order valence-electron chi connectivity index (χ3n) is 8.71. The number of allylic oxidation sites excluding steroid dienone is 1. The molecule has 3 rings (SSSR count). The van der Waals surface area contributed by atoms with Crippen LogP contribution in [-0.2, 0) is 28.5 Å². The molecule has 10 nitrogen and oxygen atoms in total. The Balaban J connectivity index is 1.61. The monoisotopic (exact) mass is 569 g/mol. The van der Waals surface area contributed by atoms with Crippen LogP contribution in [0.1, 0.15) is 79.1 Å². The molecule has 3 fully saturated rings. The molecule has 0 aliphatic carbocycles. The number of unbranched alkanes of at least 4 members (excludes halogenated alkanes) is 4. The summed E-state index contributed by atoms with van der Waals surface area (Å²) in [5, 5.41) is 33.4. The number of nitrogens with one attached hydrogen (secondary N) is 1. The van der Waals surface area contributed by atoms with E-state index in [1.54, 1.807) is 0 Å². The highest BCUT2D eigenvalue weighted by Crippen LogP contribution is 2.42. The van der Waals surface area contributed by atoms with Crippen molar-refractivity contribution in [3.63, 3.8) is 0 Å². The van der Waals surface area contributed by atoms with Crippen molar-refractivity contribution in [1.29, 1.82) is 0 Å². The summed E-state index contributed by atoms with van der Waals surface area (Å²) < 4.78 is 29.6. The Morgan fingerprint density at radius 2 is 1.93 bits per heavy atom. The molecular formula is C30H51NO9. The zero-order chi connectivity index (χ0) is 29.5. The van der Waals surface area contributed by atoms with Crippen LogP contribution in [-0.4, -0.2) is 90.4 Å². The molecule has 230 valence electrons. The number of amides is 1. The fourth-order valence-corrected chi connectivity index (χ4v) is 5.80. The number of rotatable bonds is 13. The van der Waals surface area contributed by atoms with Gasteiger partial charge in [-0.05, 0) is 38.0 Å². The van der Waals surface area contributed by atoms with E-state index in [9.17, 15) is 15.0 Å². The molecule has 0 spiro atoms. The highest BCUT2D eigenvalue weighted by Gasteiger charge is 2.52. The summed E-state index contributed by atoms with van der Waals surface area (Å²) in [5.74, 6) is -2.18. The van der Waals surface area contributed by atoms with Crippen LogP contribution in [0.4, 0.5) is 0 Å². The van der Waals surface area contributed by atoms with Gasteiger partial charge >= 0.3 is 0 Å². The van der Waals surface area contributed by atoms with E-state index in [-0.39, 0.29) is 49.5 Å². The molecular weight excluding hydrogens is 518 g/mol. The highest BCUT2D eigenvalue weighted by atomic mass is 16.7. The number of fused-ring (bicyclic) bond motifs is 1. The van der Waals surface area contributed by atoms with Crippen LogP contribution >= 0.6 is 0 Å². The van der Waals surface area contributed by atoms with Crippen molar-refractivity contribution in [1.82, 2.24) is 5.32 Å². The smallest absolute Gasteiger partial charge is 0.256 e. The summed E-state index contributed by atoms with van der Waals surface area (Å²) >= 11 is 0. The Bertz CT molecular complexity index is 864. The maximum Gasteiger partial charge on any atom is 0.256 e. The number of ether oxygens (including phenoxy) is 5. The van der Waals surface area contributed by atoms with Crippen LogP contribution in [0.25, 0.3) is 0 Å². The first kappa shape index (κ1) is 33.1. The van der Waals surface area contributed by atoms with Gasteiger partial charge in [0.1, 0.15) is 12.9 Å². The van der Waals surface area contributed by atoms with Crippen LogP contribution in [0.3, 0.4) is 0 Å². The Kier molecular flexibility index (Phi) is 12.2. The lowest BCUT2D eigenvalue weighted by atomic mass is 9.75. The quantitative estimate of drug-likeness (QED) is 0.195. The lowest BCUT2D eigenvalue weighted by Crippen LogP contribution is -2.65. The summed E-state index contributed by atoms with van der Waals surface area (Å²) in [5.41, 5.74) is 0.555. The number of carbonyl (C=O) groups excluding carboxylic acids is 1. The average Bonchev–Trinajstić information content (AvgIpc) is 2.91. The molecule has 0 radical (unpaired) electrons. The molecule has 4 N–H and O–H groups in total. The molecule has 0 aromatic heterocycles. The summed E-state index contributed by atoms with van der Waals surface area (Å²) in [6.45, 7) is 12.3. The fourth-order valence-electron chi connectivity index (χ4n) is 5.80. The SMILES string of the molecule is C=C1C[C@](OC)([C@H](O)C(=O)N[C@H]2OCO[C@@H]3CC(C)(C)[C@@H](C[C@H](O)/C=C/CCCCCCO)O[C@@H]32)O[C@H](C)[C@@H]1C. The molecule has 0 unspecified atom stereocenters. The molecule has 0 saturated carbocycles. The van der Waals surface area contributed by atoms with Gasteiger partial charge in [0.05, 0.1) is 24.4 Å². The predicted octanol–water partition coefficient (Wildman–Crippen LogP) is 2.94. The van der Waals surface area contributed by atoms with Crippen molar-refractivity contribution < 1.29 is 43.8 Å². The van der Waals surface area contributed by atoms with E-state index in [4.69, 9.17) is 28.8 Å². The minimum absolute atomic E-state index is 0.0206. The zero-order valence-electron chi connectivity index (χ0n) is 24.8. The third-order valence-corrected chi connectivity index (χ3v) is 8.71. The Morgan fingerprint density at radius 3 is 2.60 bits per heavy atom. The number of aliphatic hydroxyl groups is 3. The molecule has 40 heavy (non-hydrogen) atoms. The van der Waals surface area contributed by atoms with Crippen LogP contribution < -0.4 is 5.32 Å². The normalized spacial score (nSPS) is 35.8. The minimum Gasteiger partial charge on any atom is -0.396 e. The fraction of sp³-hybridized carbons (Fsp3) is 0.833. The molecule has 9 atom stereocenters. The summed E-state index contributed by atoms with van der Waals surface area (Å²) in [6, 6.07) is 0. The largest absolute Gasteiger partial charge is 0.396 e. The van der Waals surface area contributed by atoms with Crippen LogP contribution in [0.15, 0.2) is 24.3 Å². The number of methoxy groups -OCH3 is 1. The maximum absolute atomic E-state index is 13.3. The maximum atomic E-state index is 13.3. The van der Waals surface area contributed by atoms with Crippen molar-refractivity contribution in [3.8, 4) is 0 Å². The summed E-state index contributed by atoms with van der Waals surface area (Å²) in [4.78, 5) is 13.3. The van der Waals surface area contributed by atoms with Crippen LogP contribution in [0.2, 0.25) is 0 Å². The Morgan fingerprint density at radius 1 is 1.20 bits per heavy atom. The number of hydrogen-bond donors (Lipinski definition) is 4. The van der Waals surface area contributed by atoms with Gasteiger partial charge in [0.2, 0.25) is 5.79 Å². The summed E-state index contributed by atoms with van der Waals surface area (Å²) in [6.07, 6.45) is 5.10. The van der Waals surface area contributed by atoms with E-state index in [2.05, 4.69) is 25.7 Å². The Hall–Kier alpha value is -1.37. The van der Waals surface area contributed by atoms with Gasteiger partial charge in [-0.2, -0.15) is 0 Å². The van der Waals surface area contributed by atoms with Gasteiger partial charge in [-0.3, -0.25) is 4.79 Å². The van der Waals surface area contributed by atoms with E-state index in [1.807, 2.05) is 26.0 Å². The number of carbonyl (C=O) groups is 1. The molecule has 0 aromatic carbocycles. The van der Waals surface area contributed by atoms with Crippen molar-refractivity contribution in [2.24, 2.45) is 11.3 Å². The molecule has 10 heteroatoms. The van der Waals surface area contributed by atoms with Gasteiger partial charge in [0, 0.05) is 32.5 Å². The van der Waals surface area contributed by atoms with Gasteiger partial charge < -0.3 is 44.3 Å². The predicted molar refractivity (Wildman–Crippen MR) is 149 cm³/mol. The molecule has 0 aromatic rings. The molecule has 0 bridgehead atoms. The second-order valence-electron chi connectivity index (χ2n) is 12.2. The third kappa shape index (κ3) is 8.13. The first-order chi connectivity index (χ1) is 18.9. The van der Waals surface area contributed by atoms with Gasteiger partial charge in [-0.15, -0.1) is 0 Å². The first-order valence-electron chi connectivity index (χ1n) is 14.7. The second kappa shape index (κ2) is 14.7. The zero-order valence-corrected chi connectivity index (χ0v) is 24.8. The second-order valence-corrected chi connectivity index (χ2v) is 12.2. The van der Waals surface area contributed by atoms with Crippen LogP contribution in [0.5, 0.6) is 0 Å². The van der Waals surface area contributed by atoms with Gasteiger partial charge in [-0.25, -0.2) is 0 Å². The minimum atomic E-state index is -1.62. The van der Waals surface area contributed by atoms with Crippen molar-refractivity contribution in [2.75, 3.05) is 20.5 Å². The molecule has 3 heterocycles. The number of aliphatic hydroxyl groups excluding tert-OH is 3. The number of hydrogen-bond acceptors (Lipinski definition) is 9. The van der Waals surface area contributed by atoms with Gasteiger partial charge in [0.15, 0.2) is 12.3 Å². The highest BCUT2D eigenvalue weighted by molar-refractivity contribution is 5.82.